The number of hydrogen-bond acceptors (Lipinski definition) is 4. The predicted molar refractivity (Wildman–Crippen MR) is 203 cm³/mol. The van der Waals surface area contributed by atoms with Gasteiger partial charge in [-0.05, 0) is 83.9 Å². The van der Waals surface area contributed by atoms with Gasteiger partial charge in [-0.2, -0.15) is 0 Å². The van der Waals surface area contributed by atoms with Gasteiger partial charge < -0.3 is 9.13 Å². The van der Waals surface area contributed by atoms with Crippen LogP contribution in [-0.2, 0) is 0 Å². The van der Waals surface area contributed by atoms with Gasteiger partial charge in [-0.15, -0.1) is 0 Å². The quantitative estimate of drug-likeness (QED) is 0.188. The number of benzene rings is 4. The molecule has 0 radical (unpaired) electrons. The van der Waals surface area contributed by atoms with Crippen molar-refractivity contribution in [2.45, 2.75) is 0 Å². The Morgan fingerprint density at radius 1 is 0.360 bits per heavy atom. The Kier molecular flexibility index (Phi) is 6.39. The average Bonchev–Trinajstić information content (AvgIpc) is 3.71. The molecule has 10 rings (SSSR count). The molecule has 0 aliphatic heterocycles. The number of nitrogens with zero attached hydrogens (tertiary/aromatic N) is 6. The molecule has 0 saturated carbocycles. The molecule has 0 bridgehead atoms. The van der Waals surface area contributed by atoms with Gasteiger partial charge in [0.2, 0.25) is 0 Å². The summed E-state index contributed by atoms with van der Waals surface area (Å²) in [6, 6.07) is 48.8. The summed E-state index contributed by atoms with van der Waals surface area (Å²) in [4.78, 5) is 18.9. The summed E-state index contributed by atoms with van der Waals surface area (Å²) >= 11 is 0. The van der Waals surface area contributed by atoms with Crippen LogP contribution in [0.3, 0.4) is 0 Å². The molecule has 6 heterocycles. The Bertz CT molecular complexity index is 2600. The van der Waals surface area contributed by atoms with Gasteiger partial charge >= 0.3 is 0 Å². The summed E-state index contributed by atoms with van der Waals surface area (Å²) in [5.74, 6) is 0. The summed E-state index contributed by atoms with van der Waals surface area (Å²) in [5, 5.41) is 4.77. The van der Waals surface area contributed by atoms with Crippen molar-refractivity contribution in [3.8, 4) is 45.1 Å². The number of rotatable bonds is 5. The molecule has 6 nitrogen and oxygen atoms in total. The minimum absolute atomic E-state index is 0.816. The molecular formula is C44H28N6. The summed E-state index contributed by atoms with van der Waals surface area (Å²) in [7, 11) is 0. The van der Waals surface area contributed by atoms with Crippen molar-refractivity contribution in [1.29, 1.82) is 0 Å². The number of fused-ring (bicyclic) bond motifs is 6. The smallest absolute Gasteiger partial charge is 0.0899 e. The Morgan fingerprint density at radius 3 is 1.56 bits per heavy atom. The van der Waals surface area contributed by atoms with E-state index in [2.05, 4.69) is 145 Å². The van der Waals surface area contributed by atoms with Gasteiger partial charge in [0.25, 0.3) is 0 Å². The zero-order valence-corrected chi connectivity index (χ0v) is 26.8. The number of pyridine rings is 4. The molecular weight excluding hydrogens is 613 g/mol. The lowest BCUT2D eigenvalue weighted by molar-refractivity contribution is 1.16. The number of aromatic nitrogens is 6. The van der Waals surface area contributed by atoms with Crippen molar-refractivity contribution in [2.75, 3.05) is 0 Å². The van der Waals surface area contributed by atoms with Crippen molar-refractivity contribution in [3.05, 3.63) is 171 Å². The highest BCUT2D eigenvalue weighted by Gasteiger charge is 2.16. The minimum Gasteiger partial charge on any atom is -0.308 e. The molecule has 0 spiro atoms. The van der Waals surface area contributed by atoms with E-state index in [1.54, 1.807) is 0 Å². The van der Waals surface area contributed by atoms with Crippen LogP contribution in [0.2, 0.25) is 0 Å². The maximum atomic E-state index is 5.20. The molecule has 234 valence electrons. The highest BCUT2D eigenvalue weighted by molar-refractivity contribution is 6.10. The van der Waals surface area contributed by atoms with E-state index < -0.39 is 0 Å². The second-order valence-corrected chi connectivity index (χ2v) is 12.4. The van der Waals surface area contributed by atoms with Crippen LogP contribution in [0, 0.1) is 0 Å². The molecule has 6 heteroatoms. The normalized spacial score (nSPS) is 11.6. The molecule has 4 aromatic carbocycles. The van der Waals surface area contributed by atoms with Crippen molar-refractivity contribution >= 4 is 43.6 Å². The van der Waals surface area contributed by atoms with Gasteiger partial charge in [0.1, 0.15) is 0 Å². The van der Waals surface area contributed by atoms with E-state index in [9.17, 15) is 0 Å². The number of hydrogen-bond donors (Lipinski definition) is 0. The molecule has 0 aliphatic rings. The third kappa shape index (κ3) is 4.50. The SMILES string of the molecule is c1ccc(-c2cc(-c3cccc(-n4c5ccccc5c5ccncc54)c3)cc(-c3cccc(-n4c5ccccc5c5ccncc54)c3)n2)nc1. The first-order chi connectivity index (χ1) is 24.8. The van der Waals surface area contributed by atoms with Gasteiger partial charge in [-0.3, -0.25) is 15.0 Å². The first kappa shape index (κ1) is 28.1. The van der Waals surface area contributed by atoms with Gasteiger partial charge in [-0.25, -0.2) is 4.98 Å². The van der Waals surface area contributed by atoms with E-state index in [1.165, 1.54) is 21.5 Å². The Hall–Kier alpha value is -6.92. The molecule has 10 aromatic rings. The maximum absolute atomic E-state index is 5.20. The molecule has 0 saturated heterocycles. The third-order valence-electron chi connectivity index (χ3n) is 9.54. The van der Waals surface area contributed by atoms with Gasteiger partial charge in [-0.1, -0.05) is 66.7 Å². The van der Waals surface area contributed by atoms with Crippen LogP contribution in [0.5, 0.6) is 0 Å². The second kappa shape index (κ2) is 11.4. The first-order valence-electron chi connectivity index (χ1n) is 16.6. The Morgan fingerprint density at radius 2 is 0.920 bits per heavy atom. The Balaban J connectivity index is 1.15. The lowest BCUT2D eigenvalue weighted by Gasteiger charge is -2.14. The van der Waals surface area contributed by atoms with Gasteiger partial charge in [0, 0.05) is 57.1 Å². The molecule has 0 atom stereocenters. The highest BCUT2D eigenvalue weighted by Crippen LogP contribution is 2.36. The zero-order chi connectivity index (χ0) is 33.0. The van der Waals surface area contributed by atoms with Crippen LogP contribution in [0.1, 0.15) is 0 Å². The van der Waals surface area contributed by atoms with E-state index in [0.717, 1.165) is 67.2 Å². The fraction of sp³-hybridized carbons (Fsp3) is 0. The van der Waals surface area contributed by atoms with Gasteiger partial charge in [0.05, 0.1) is 51.5 Å². The van der Waals surface area contributed by atoms with Crippen molar-refractivity contribution in [3.63, 3.8) is 0 Å². The van der Waals surface area contributed by atoms with Gasteiger partial charge in [0.15, 0.2) is 0 Å². The molecule has 50 heavy (non-hydrogen) atoms. The number of para-hydroxylation sites is 2. The zero-order valence-electron chi connectivity index (χ0n) is 26.8. The van der Waals surface area contributed by atoms with E-state index in [1.807, 2.05) is 49.2 Å². The summed E-state index contributed by atoms with van der Waals surface area (Å²) < 4.78 is 4.59. The monoisotopic (exact) mass is 640 g/mol. The summed E-state index contributed by atoms with van der Waals surface area (Å²) in [5.41, 5.74) is 12.2. The van der Waals surface area contributed by atoms with Crippen LogP contribution >= 0.6 is 0 Å². The Labute approximate surface area is 287 Å². The molecule has 0 amide bonds. The fourth-order valence-corrected chi connectivity index (χ4v) is 7.31. The minimum atomic E-state index is 0.816. The maximum Gasteiger partial charge on any atom is 0.0899 e. The van der Waals surface area contributed by atoms with Crippen molar-refractivity contribution in [1.82, 2.24) is 29.1 Å². The average molecular weight is 641 g/mol. The lowest BCUT2D eigenvalue weighted by Crippen LogP contribution is -1.97. The molecule has 0 unspecified atom stereocenters. The van der Waals surface area contributed by atoms with E-state index in [-0.39, 0.29) is 0 Å². The second-order valence-electron chi connectivity index (χ2n) is 12.4. The van der Waals surface area contributed by atoms with Crippen LogP contribution < -0.4 is 0 Å². The van der Waals surface area contributed by atoms with E-state index >= 15 is 0 Å². The largest absolute Gasteiger partial charge is 0.308 e. The lowest BCUT2D eigenvalue weighted by atomic mass is 10.0. The fourth-order valence-electron chi connectivity index (χ4n) is 7.31. The van der Waals surface area contributed by atoms with Crippen LogP contribution in [-0.4, -0.2) is 29.1 Å². The van der Waals surface area contributed by atoms with Crippen LogP contribution in [0.15, 0.2) is 171 Å². The van der Waals surface area contributed by atoms with E-state index in [0.29, 0.717) is 0 Å². The third-order valence-corrected chi connectivity index (χ3v) is 9.54. The summed E-state index contributed by atoms with van der Waals surface area (Å²) in [6.07, 6.45) is 9.43. The highest BCUT2D eigenvalue weighted by atomic mass is 15.0. The molecule has 0 aliphatic carbocycles. The van der Waals surface area contributed by atoms with Crippen LogP contribution in [0.25, 0.3) is 88.8 Å². The topological polar surface area (TPSA) is 61.4 Å². The van der Waals surface area contributed by atoms with E-state index in [4.69, 9.17) is 4.98 Å². The molecule has 0 N–H and O–H groups in total. The molecule has 6 aromatic heterocycles. The van der Waals surface area contributed by atoms with Crippen molar-refractivity contribution in [2.24, 2.45) is 0 Å². The first-order valence-corrected chi connectivity index (χ1v) is 16.6. The standard InChI is InChI=1S/C44H28N6/c1-3-16-41-34(13-1)36-18-21-45-27-43(36)49(41)32-11-7-9-29(23-32)31-25-39(48-40(26-31)38-15-5-6-20-47-38)30-10-8-12-33(24-30)50-42-17-4-2-14-35(42)37-19-22-46-28-44(37)50/h1-28H. The summed E-state index contributed by atoms with van der Waals surface area (Å²) in [6.45, 7) is 0. The molecule has 0 fully saturated rings. The van der Waals surface area contributed by atoms with Crippen LogP contribution in [0.4, 0.5) is 0 Å². The predicted octanol–water partition coefficient (Wildman–Crippen LogP) is 10.5. The van der Waals surface area contributed by atoms with Crippen molar-refractivity contribution < 1.29 is 0 Å².